The predicted molar refractivity (Wildman–Crippen MR) is 59.8 cm³/mol. The number of nitrogens with zero attached hydrogens (tertiary/aromatic N) is 5. The minimum absolute atomic E-state index is 0.0417. The van der Waals surface area contributed by atoms with Crippen molar-refractivity contribution >= 4 is 5.91 Å². The Hall–Kier alpha value is -1.26. The van der Waals surface area contributed by atoms with Gasteiger partial charge in [0, 0.05) is 37.1 Å². The van der Waals surface area contributed by atoms with Gasteiger partial charge >= 0.3 is 0 Å². The van der Waals surface area contributed by atoms with E-state index in [0.717, 1.165) is 32.2 Å². The van der Waals surface area contributed by atoms with Crippen LogP contribution in [0.5, 0.6) is 0 Å². The highest BCUT2D eigenvalue weighted by Crippen LogP contribution is 2.25. The number of carbonyl (C=O) groups is 1. The maximum atomic E-state index is 11.6. The molecule has 2 aliphatic rings. The smallest absolute Gasteiger partial charge is 0.228 e. The highest BCUT2D eigenvalue weighted by atomic mass is 16.2. The standard InChI is InChI=1S/C10H17N5O/c11-13-12-8-10(16)15-6-4-14(5-7-15)9-2-1-3-9/h9H,1-8H2. The Kier molecular flexibility index (Phi) is 3.64. The van der Waals surface area contributed by atoms with E-state index in [9.17, 15) is 4.79 Å². The number of piperazine rings is 1. The summed E-state index contributed by atoms with van der Waals surface area (Å²) in [6.45, 7) is 3.44. The summed E-state index contributed by atoms with van der Waals surface area (Å²) >= 11 is 0. The fourth-order valence-electron chi connectivity index (χ4n) is 2.28. The molecule has 1 saturated carbocycles. The molecule has 1 amide bonds. The highest BCUT2D eigenvalue weighted by Gasteiger charge is 2.28. The molecule has 0 radical (unpaired) electrons. The van der Waals surface area contributed by atoms with Crippen molar-refractivity contribution in [3.63, 3.8) is 0 Å². The van der Waals surface area contributed by atoms with Crippen LogP contribution in [0.1, 0.15) is 19.3 Å². The van der Waals surface area contributed by atoms with E-state index in [1.807, 2.05) is 0 Å². The van der Waals surface area contributed by atoms with Crippen molar-refractivity contribution in [2.24, 2.45) is 5.11 Å². The van der Waals surface area contributed by atoms with E-state index in [0.29, 0.717) is 0 Å². The molecule has 0 aromatic heterocycles. The van der Waals surface area contributed by atoms with Crippen LogP contribution in [0, 0.1) is 0 Å². The zero-order chi connectivity index (χ0) is 11.4. The van der Waals surface area contributed by atoms with Crippen LogP contribution in [-0.2, 0) is 4.79 Å². The van der Waals surface area contributed by atoms with Crippen molar-refractivity contribution < 1.29 is 4.79 Å². The van der Waals surface area contributed by atoms with E-state index in [2.05, 4.69) is 14.9 Å². The van der Waals surface area contributed by atoms with Gasteiger partial charge in [-0.25, -0.2) is 0 Å². The first-order valence-corrected chi connectivity index (χ1v) is 5.84. The molecule has 0 aromatic carbocycles. The minimum Gasteiger partial charge on any atom is -0.340 e. The van der Waals surface area contributed by atoms with Crippen LogP contribution in [-0.4, -0.2) is 54.5 Å². The zero-order valence-corrected chi connectivity index (χ0v) is 9.38. The second-order valence-electron chi connectivity index (χ2n) is 4.39. The van der Waals surface area contributed by atoms with Gasteiger partial charge in [0.25, 0.3) is 0 Å². The lowest BCUT2D eigenvalue weighted by atomic mass is 9.91. The van der Waals surface area contributed by atoms with Crippen molar-refractivity contribution in [3.8, 4) is 0 Å². The molecular formula is C10H17N5O. The Morgan fingerprint density at radius 3 is 2.50 bits per heavy atom. The maximum absolute atomic E-state index is 11.6. The highest BCUT2D eigenvalue weighted by molar-refractivity contribution is 5.78. The first-order valence-electron chi connectivity index (χ1n) is 5.84. The van der Waals surface area contributed by atoms with Crippen molar-refractivity contribution in [2.75, 3.05) is 32.7 Å². The molecule has 6 heteroatoms. The predicted octanol–water partition coefficient (Wildman–Crippen LogP) is 0.993. The lowest BCUT2D eigenvalue weighted by Crippen LogP contribution is -2.53. The van der Waals surface area contributed by atoms with Crippen molar-refractivity contribution in [1.29, 1.82) is 0 Å². The molecule has 2 fully saturated rings. The van der Waals surface area contributed by atoms with Crippen LogP contribution >= 0.6 is 0 Å². The third-order valence-electron chi connectivity index (χ3n) is 3.53. The summed E-state index contributed by atoms with van der Waals surface area (Å²) in [6.07, 6.45) is 3.97. The molecular weight excluding hydrogens is 206 g/mol. The van der Waals surface area contributed by atoms with Crippen molar-refractivity contribution in [2.45, 2.75) is 25.3 Å². The monoisotopic (exact) mass is 223 g/mol. The number of amides is 1. The molecule has 1 saturated heterocycles. The summed E-state index contributed by atoms with van der Waals surface area (Å²) in [5.41, 5.74) is 8.15. The van der Waals surface area contributed by atoms with Crippen LogP contribution in [0.15, 0.2) is 5.11 Å². The topological polar surface area (TPSA) is 72.3 Å². The molecule has 1 heterocycles. The number of rotatable bonds is 3. The molecule has 0 spiro atoms. The van der Waals surface area contributed by atoms with E-state index < -0.39 is 0 Å². The third-order valence-corrected chi connectivity index (χ3v) is 3.53. The van der Waals surface area contributed by atoms with Crippen molar-refractivity contribution in [3.05, 3.63) is 10.4 Å². The molecule has 6 nitrogen and oxygen atoms in total. The van der Waals surface area contributed by atoms with Crippen LogP contribution in [0.25, 0.3) is 10.4 Å². The van der Waals surface area contributed by atoms with Gasteiger partial charge in [-0.05, 0) is 18.4 Å². The lowest BCUT2D eigenvalue weighted by Gasteiger charge is -2.42. The quantitative estimate of drug-likeness (QED) is 0.406. The van der Waals surface area contributed by atoms with Gasteiger partial charge < -0.3 is 4.90 Å². The van der Waals surface area contributed by atoms with Crippen LogP contribution in [0.2, 0.25) is 0 Å². The van der Waals surface area contributed by atoms with E-state index >= 15 is 0 Å². The van der Waals surface area contributed by atoms with E-state index in [4.69, 9.17) is 5.53 Å². The molecule has 1 aliphatic heterocycles. The van der Waals surface area contributed by atoms with E-state index in [-0.39, 0.29) is 12.5 Å². The fourth-order valence-corrected chi connectivity index (χ4v) is 2.28. The first kappa shape index (κ1) is 11.2. The minimum atomic E-state index is -0.0499. The summed E-state index contributed by atoms with van der Waals surface area (Å²) in [5, 5.41) is 3.30. The van der Waals surface area contributed by atoms with Gasteiger partial charge in [0.15, 0.2) is 0 Å². The third kappa shape index (κ3) is 2.46. The Morgan fingerprint density at radius 1 is 1.31 bits per heavy atom. The van der Waals surface area contributed by atoms with Gasteiger partial charge in [0.1, 0.15) is 6.54 Å². The lowest BCUT2D eigenvalue weighted by molar-refractivity contribution is -0.131. The van der Waals surface area contributed by atoms with Crippen LogP contribution in [0.4, 0.5) is 0 Å². The van der Waals surface area contributed by atoms with Gasteiger partial charge in [-0.15, -0.1) is 0 Å². The Labute approximate surface area is 94.8 Å². The van der Waals surface area contributed by atoms with Gasteiger partial charge in [0.05, 0.1) is 0 Å². The van der Waals surface area contributed by atoms with Gasteiger partial charge in [-0.1, -0.05) is 11.5 Å². The SMILES string of the molecule is [N-]=[N+]=NCC(=O)N1CCN(C2CCC2)CC1. The Bertz CT molecular complexity index is 300. The van der Waals surface area contributed by atoms with E-state index in [1.165, 1.54) is 19.3 Å². The van der Waals surface area contributed by atoms with Crippen molar-refractivity contribution in [1.82, 2.24) is 9.80 Å². The number of azide groups is 1. The summed E-state index contributed by atoms with van der Waals surface area (Å²) in [5.74, 6) is -0.0499. The Morgan fingerprint density at radius 2 is 2.00 bits per heavy atom. The number of carbonyl (C=O) groups excluding carboxylic acids is 1. The molecule has 88 valence electrons. The Balaban J connectivity index is 1.75. The van der Waals surface area contributed by atoms with E-state index in [1.54, 1.807) is 4.90 Å². The zero-order valence-electron chi connectivity index (χ0n) is 9.38. The molecule has 0 atom stereocenters. The second kappa shape index (κ2) is 5.18. The summed E-state index contributed by atoms with van der Waals surface area (Å²) in [7, 11) is 0. The largest absolute Gasteiger partial charge is 0.340 e. The van der Waals surface area contributed by atoms with Gasteiger partial charge in [-0.3, -0.25) is 9.69 Å². The average Bonchev–Trinajstić information content (AvgIpc) is 2.24. The molecule has 0 aromatic rings. The van der Waals surface area contributed by atoms with Gasteiger partial charge in [0.2, 0.25) is 5.91 Å². The number of hydrogen-bond donors (Lipinski definition) is 0. The van der Waals surface area contributed by atoms with Crippen LogP contribution < -0.4 is 0 Å². The molecule has 0 N–H and O–H groups in total. The molecule has 0 bridgehead atoms. The fraction of sp³-hybridized carbons (Fsp3) is 0.900. The first-order chi connectivity index (χ1) is 7.81. The van der Waals surface area contributed by atoms with Crippen LogP contribution in [0.3, 0.4) is 0 Å². The molecule has 0 unspecified atom stereocenters. The normalized spacial score (nSPS) is 22.4. The second-order valence-corrected chi connectivity index (χ2v) is 4.39. The average molecular weight is 223 g/mol. The molecule has 1 aliphatic carbocycles. The summed E-state index contributed by atoms with van der Waals surface area (Å²) < 4.78 is 0. The number of hydrogen-bond acceptors (Lipinski definition) is 3. The molecule has 16 heavy (non-hydrogen) atoms. The summed E-state index contributed by atoms with van der Waals surface area (Å²) in [6, 6.07) is 0.759. The summed E-state index contributed by atoms with van der Waals surface area (Å²) in [4.78, 5) is 18.4. The van der Waals surface area contributed by atoms with Gasteiger partial charge in [-0.2, -0.15) is 0 Å². The maximum Gasteiger partial charge on any atom is 0.228 e. The molecule has 2 rings (SSSR count).